The average Bonchev–Trinajstić information content (AvgIpc) is 3.37. The Bertz CT molecular complexity index is 1030. The summed E-state index contributed by atoms with van der Waals surface area (Å²) < 4.78 is 6.76. The van der Waals surface area contributed by atoms with E-state index in [2.05, 4.69) is 31.0 Å². The number of carbonyl (C=O) groups excluding carboxylic acids is 2. The first kappa shape index (κ1) is 18.8. The van der Waals surface area contributed by atoms with Gasteiger partial charge in [0.15, 0.2) is 5.65 Å². The molecule has 1 saturated heterocycles. The van der Waals surface area contributed by atoms with Crippen LogP contribution in [-0.2, 0) is 4.74 Å². The Morgan fingerprint density at radius 2 is 2.21 bits per heavy atom. The van der Waals surface area contributed by atoms with Crippen molar-refractivity contribution in [3.63, 3.8) is 0 Å². The van der Waals surface area contributed by atoms with Crippen LogP contribution < -0.4 is 16.0 Å². The summed E-state index contributed by atoms with van der Waals surface area (Å²) >= 11 is 0. The first-order valence-electron chi connectivity index (χ1n) is 9.38. The highest BCUT2D eigenvalue weighted by Crippen LogP contribution is 2.22. The number of aromatic nitrogens is 4. The van der Waals surface area contributed by atoms with Crippen LogP contribution in [0.3, 0.4) is 0 Å². The lowest BCUT2D eigenvalue weighted by atomic mass is 10.1. The molecular formula is C19H21N7O3. The average molecular weight is 395 g/mol. The van der Waals surface area contributed by atoms with Gasteiger partial charge in [-0.15, -0.1) is 5.10 Å². The number of anilines is 1. The Labute approximate surface area is 166 Å². The van der Waals surface area contributed by atoms with Gasteiger partial charge < -0.3 is 15.4 Å². The van der Waals surface area contributed by atoms with Crippen molar-refractivity contribution in [3.8, 4) is 11.1 Å². The number of pyridine rings is 2. The van der Waals surface area contributed by atoms with Crippen LogP contribution in [0, 0.1) is 0 Å². The number of urea groups is 1. The predicted octanol–water partition coefficient (Wildman–Crippen LogP) is 1.45. The second-order valence-corrected chi connectivity index (χ2v) is 6.59. The minimum absolute atomic E-state index is 0.0453. The highest BCUT2D eigenvalue weighted by atomic mass is 16.5. The molecule has 1 fully saturated rings. The van der Waals surface area contributed by atoms with Crippen molar-refractivity contribution in [2.45, 2.75) is 19.4 Å². The standard InChI is InChI=1S/C19H21N7O3/c1-2-21-19(28)24-18-23-16-9-13(12-4-3-6-20-10-12)8-15(26(16)25-18)17(27)22-14-5-7-29-11-14/h3-4,6,8-10,14H,2,5,7,11H2,1H3,(H,22,27)(H2,21,24,25,28). The van der Waals surface area contributed by atoms with Crippen LogP contribution in [-0.4, -0.2) is 57.3 Å². The van der Waals surface area contributed by atoms with Crippen LogP contribution in [0.1, 0.15) is 23.8 Å². The molecule has 0 saturated carbocycles. The lowest BCUT2D eigenvalue weighted by Crippen LogP contribution is -2.36. The zero-order chi connectivity index (χ0) is 20.2. The summed E-state index contributed by atoms with van der Waals surface area (Å²) in [6.45, 7) is 3.39. The first-order valence-corrected chi connectivity index (χ1v) is 9.38. The Kier molecular flexibility index (Phi) is 5.34. The van der Waals surface area contributed by atoms with E-state index in [1.165, 1.54) is 4.52 Å². The van der Waals surface area contributed by atoms with Gasteiger partial charge in [0, 0.05) is 31.1 Å². The zero-order valence-electron chi connectivity index (χ0n) is 15.9. The van der Waals surface area contributed by atoms with Gasteiger partial charge in [-0.25, -0.2) is 9.31 Å². The molecule has 10 heteroatoms. The highest BCUT2D eigenvalue weighted by Gasteiger charge is 2.22. The van der Waals surface area contributed by atoms with Gasteiger partial charge in [0.2, 0.25) is 0 Å². The monoisotopic (exact) mass is 395 g/mol. The largest absolute Gasteiger partial charge is 0.379 e. The van der Waals surface area contributed by atoms with E-state index in [4.69, 9.17) is 4.74 Å². The van der Waals surface area contributed by atoms with E-state index >= 15 is 0 Å². The van der Waals surface area contributed by atoms with E-state index in [-0.39, 0.29) is 17.9 Å². The van der Waals surface area contributed by atoms with Crippen molar-refractivity contribution in [3.05, 3.63) is 42.4 Å². The second kappa shape index (κ2) is 8.23. The Hall–Kier alpha value is -3.53. The molecule has 10 nitrogen and oxygen atoms in total. The minimum atomic E-state index is -0.412. The third-order valence-electron chi connectivity index (χ3n) is 4.49. The molecule has 3 amide bonds. The van der Waals surface area contributed by atoms with E-state index in [9.17, 15) is 9.59 Å². The third-order valence-corrected chi connectivity index (χ3v) is 4.49. The molecule has 0 bridgehead atoms. The van der Waals surface area contributed by atoms with Crippen LogP contribution in [0.4, 0.5) is 10.7 Å². The van der Waals surface area contributed by atoms with E-state index in [0.29, 0.717) is 31.1 Å². The number of hydrogen-bond donors (Lipinski definition) is 3. The van der Waals surface area contributed by atoms with Crippen molar-refractivity contribution < 1.29 is 14.3 Å². The quantitative estimate of drug-likeness (QED) is 0.601. The van der Waals surface area contributed by atoms with Crippen LogP contribution in [0.2, 0.25) is 0 Å². The van der Waals surface area contributed by atoms with E-state index < -0.39 is 6.03 Å². The van der Waals surface area contributed by atoms with Gasteiger partial charge in [0.05, 0.1) is 12.6 Å². The van der Waals surface area contributed by atoms with Gasteiger partial charge >= 0.3 is 6.03 Å². The van der Waals surface area contributed by atoms with Gasteiger partial charge in [-0.2, -0.15) is 4.98 Å². The van der Waals surface area contributed by atoms with Gasteiger partial charge in [-0.05, 0) is 37.1 Å². The number of rotatable bonds is 5. The lowest BCUT2D eigenvalue weighted by molar-refractivity contribution is 0.0922. The molecule has 29 heavy (non-hydrogen) atoms. The summed E-state index contributed by atoms with van der Waals surface area (Å²) in [6.07, 6.45) is 4.16. The molecule has 1 atom stereocenters. The summed E-state index contributed by atoms with van der Waals surface area (Å²) in [6, 6.07) is 6.79. The Morgan fingerprint density at radius 1 is 1.31 bits per heavy atom. The fourth-order valence-electron chi connectivity index (χ4n) is 3.11. The summed E-state index contributed by atoms with van der Waals surface area (Å²) in [4.78, 5) is 33.3. The van der Waals surface area contributed by atoms with Crippen molar-refractivity contribution >= 4 is 23.5 Å². The molecule has 1 aliphatic heterocycles. The summed E-state index contributed by atoms with van der Waals surface area (Å²) in [5.74, 6) is -0.178. The number of hydrogen-bond acceptors (Lipinski definition) is 6. The van der Waals surface area contributed by atoms with E-state index in [0.717, 1.165) is 17.5 Å². The van der Waals surface area contributed by atoms with Crippen LogP contribution in [0.15, 0.2) is 36.7 Å². The molecular weight excluding hydrogens is 374 g/mol. The van der Waals surface area contributed by atoms with Gasteiger partial charge in [0.1, 0.15) is 5.69 Å². The maximum absolute atomic E-state index is 13.0. The normalized spacial score (nSPS) is 16.0. The third kappa shape index (κ3) is 4.16. The molecule has 0 radical (unpaired) electrons. The predicted molar refractivity (Wildman–Crippen MR) is 106 cm³/mol. The van der Waals surface area contributed by atoms with Gasteiger partial charge in [-0.1, -0.05) is 6.07 Å². The van der Waals surface area contributed by atoms with Crippen molar-refractivity contribution in [2.24, 2.45) is 0 Å². The molecule has 4 rings (SSSR count). The number of amides is 3. The molecule has 3 N–H and O–H groups in total. The van der Waals surface area contributed by atoms with Crippen molar-refractivity contribution in [1.29, 1.82) is 0 Å². The molecule has 3 aromatic heterocycles. The fraction of sp³-hybridized carbons (Fsp3) is 0.316. The van der Waals surface area contributed by atoms with E-state index in [1.807, 2.05) is 19.1 Å². The number of ether oxygens (including phenoxy) is 1. The van der Waals surface area contributed by atoms with Crippen molar-refractivity contribution in [2.75, 3.05) is 25.1 Å². The minimum Gasteiger partial charge on any atom is -0.379 e. The maximum atomic E-state index is 13.0. The molecule has 0 aliphatic carbocycles. The smallest absolute Gasteiger partial charge is 0.321 e. The molecule has 0 spiro atoms. The van der Waals surface area contributed by atoms with E-state index in [1.54, 1.807) is 24.5 Å². The SMILES string of the molecule is CCNC(=O)Nc1nc2cc(-c3cccnc3)cc(C(=O)NC3CCOC3)n2n1. The maximum Gasteiger partial charge on any atom is 0.321 e. The van der Waals surface area contributed by atoms with Crippen LogP contribution in [0.5, 0.6) is 0 Å². The second-order valence-electron chi connectivity index (χ2n) is 6.59. The lowest BCUT2D eigenvalue weighted by Gasteiger charge is -2.12. The number of fused-ring (bicyclic) bond motifs is 1. The number of carbonyl (C=O) groups is 2. The number of nitrogens with one attached hydrogen (secondary N) is 3. The summed E-state index contributed by atoms with van der Waals surface area (Å²) in [7, 11) is 0. The zero-order valence-corrected chi connectivity index (χ0v) is 15.9. The molecule has 1 unspecified atom stereocenters. The topological polar surface area (TPSA) is 123 Å². The first-order chi connectivity index (χ1) is 14.1. The highest BCUT2D eigenvalue weighted by molar-refractivity contribution is 5.95. The van der Waals surface area contributed by atoms with Crippen molar-refractivity contribution in [1.82, 2.24) is 30.2 Å². The summed E-state index contributed by atoms with van der Waals surface area (Å²) in [5, 5.41) is 12.5. The fourth-order valence-corrected chi connectivity index (χ4v) is 3.11. The molecule has 1 aliphatic rings. The van der Waals surface area contributed by atoms with Crippen LogP contribution in [0.25, 0.3) is 16.8 Å². The molecule has 4 heterocycles. The summed E-state index contributed by atoms with van der Waals surface area (Å²) in [5.41, 5.74) is 2.36. The Balaban J connectivity index is 1.74. The van der Waals surface area contributed by atoms with Gasteiger partial charge in [0.25, 0.3) is 11.9 Å². The van der Waals surface area contributed by atoms with Gasteiger partial charge in [-0.3, -0.25) is 15.1 Å². The molecule has 0 aromatic carbocycles. The number of nitrogens with zero attached hydrogens (tertiary/aromatic N) is 4. The molecule has 150 valence electrons. The van der Waals surface area contributed by atoms with Crippen LogP contribution >= 0.6 is 0 Å². The molecule has 3 aromatic rings. The Morgan fingerprint density at radius 3 is 2.93 bits per heavy atom.